The molecule has 3 rings (SSSR count). The van der Waals surface area contributed by atoms with E-state index in [0.717, 1.165) is 11.1 Å². The van der Waals surface area contributed by atoms with Crippen LogP contribution in [0.1, 0.15) is 21.6 Å². The number of benzene rings is 2. The molecule has 0 aliphatic heterocycles. The molecule has 1 aromatic heterocycles. The molecular formula is C19H16Cl2N4O. The van der Waals surface area contributed by atoms with E-state index in [1.54, 1.807) is 12.1 Å². The number of rotatable bonds is 6. The Morgan fingerprint density at radius 2 is 1.69 bits per heavy atom. The standard InChI is InChI=1S/C19H16Cl2N4O/c20-15-7-5-13(6-8-15)9-25-19(26)17-11-24-18(12-22-17)23-10-14-3-1-2-4-16(14)21/h1-8,11-12H,9-10H2,(H,23,24)(H,25,26). The highest BCUT2D eigenvalue weighted by atomic mass is 35.5. The van der Waals surface area contributed by atoms with Crippen LogP contribution >= 0.6 is 23.2 Å². The highest BCUT2D eigenvalue weighted by Gasteiger charge is 2.08. The molecule has 1 amide bonds. The molecule has 26 heavy (non-hydrogen) atoms. The first-order valence-electron chi connectivity index (χ1n) is 7.94. The molecule has 5 nitrogen and oxygen atoms in total. The molecule has 0 saturated heterocycles. The molecule has 2 aromatic carbocycles. The van der Waals surface area contributed by atoms with Crippen LogP contribution in [0.25, 0.3) is 0 Å². The number of carbonyl (C=O) groups is 1. The molecule has 0 spiro atoms. The van der Waals surface area contributed by atoms with Gasteiger partial charge in [0.05, 0.1) is 12.4 Å². The highest BCUT2D eigenvalue weighted by molar-refractivity contribution is 6.31. The molecule has 0 fully saturated rings. The van der Waals surface area contributed by atoms with Crippen LogP contribution in [0, 0.1) is 0 Å². The van der Waals surface area contributed by atoms with E-state index in [-0.39, 0.29) is 11.6 Å². The molecule has 0 unspecified atom stereocenters. The monoisotopic (exact) mass is 386 g/mol. The Morgan fingerprint density at radius 3 is 2.38 bits per heavy atom. The number of hydrogen-bond acceptors (Lipinski definition) is 4. The maximum absolute atomic E-state index is 12.1. The fourth-order valence-corrected chi connectivity index (χ4v) is 2.57. The zero-order chi connectivity index (χ0) is 18.4. The molecule has 132 valence electrons. The fraction of sp³-hybridized carbons (Fsp3) is 0.105. The van der Waals surface area contributed by atoms with E-state index in [4.69, 9.17) is 23.2 Å². The topological polar surface area (TPSA) is 66.9 Å². The van der Waals surface area contributed by atoms with E-state index >= 15 is 0 Å². The van der Waals surface area contributed by atoms with Crippen LogP contribution in [-0.2, 0) is 13.1 Å². The van der Waals surface area contributed by atoms with E-state index in [9.17, 15) is 4.79 Å². The smallest absolute Gasteiger partial charge is 0.271 e. The van der Waals surface area contributed by atoms with Crippen molar-refractivity contribution in [1.29, 1.82) is 0 Å². The maximum Gasteiger partial charge on any atom is 0.271 e. The van der Waals surface area contributed by atoms with Crippen molar-refractivity contribution in [2.24, 2.45) is 0 Å². The number of nitrogens with zero attached hydrogens (tertiary/aromatic N) is 2. The minimum Gasteiger partial charge on any atom is -0.365 e. The summed E-state index contributed by atoms with van der Waals surface area (Å²) in [5.41, 5.74) is 2.16. The van der Waals surface area contributed by atoms with Gasteiger partial charge in [0.2, 0.25) is 0 Å². The SMILES string of the molecule is O=C(NCc1ccc(Cl)cc1)c1cnc(NCc2ccccc2Cl)cn1. The van der Waals surface area contributed by atoms with Gasteiger partial charge in [-0.3, -0.25) is 4.79 Å². The lowest BCUT2D eigenvalue weighted by atomic mass is 10.2. The van der Waals surface area contributed by atoms with Gasteiger partial charge in [0.1, 0.15) is 11.5 Å². The Bertz CT molecular complexity index is 883. The van der Waals surface area contributed by atoms with Gasteiger partial charge in [0, 0.05) is 23.1 Å². The Balaban J connectivity index is 1.54. The zero-order valence-electron chi connectivity index (χ0n) is 13.7. The Kier molecular flexibility index (Phi) is 6.04. The Morgan fingerprint density at radius 1 is 0.923 bits per heavy atom. The summed E-state index contributed by atoms with van der Waals surface area (Å²) in [6.45, 7) is 0.917. The van der Waals surface area contributed by atoms with Gasteiger partial charge in [-0.1, -0.05) is 53.5 Å². The maximum atomic E-state index is 12.1. The molecule has 0 radical (unpaired) electrons. The van der Waals surface area contributed by atoms with Crippen LogP contribution in [0.15, 0.2) is 60.9 Å². The fourth-order valence-electron chi connectivity index (χ4n) is 2.24. The number of aromatic nitrogens is 2. The van der Waals surface area contributed by atoms with Gasteiger partial charge in [-0.05, 0) is 29.3 Å². The molecule has 2 N–H and O–H groups in total. The van der Waals surface area contributed by atoms with Crippen molar-refractivity contribution >= 4 is 34.9 Å². The van der Waals surface area contributed by atoms with Crippen LogP contribution in [0.5, 0.6) is 0 Å². The first-order chi connectivity index (χ1) is 12.6. The summed E-state index contributed by atoms with van der Waals surface area (Å²) in [5.74, 6) is 0.282. The predicted octanol–water partition coefficient (Wildman–Crippen LogP) is 4.33. The number of amides is 1. The van der Waals surface area contributed by atoms with Gasteiger partial charge in [0.15, 0.2) is 0 Å². The van der Waals surface area contributed by atoms with Gasteiger partial charge < -0.3 is 10.6 Å². The van der Waals surface area contributed by atoms with Crippen molar-refractivity contribution in [1.82, 2.24) is 15.3 Å². The second kappa shape index (κ2) is 8.65. The first kappa shape index (κ1) is 18.2. The average Bonchev–Trinajstić information content (AvgIpc) is 2.67. The lowest BCUT2D eigenvalue weighted by Gasteiger charge is -2.08. The van der Waals surface area contributed by atoms with Gasteiger partial charge in [0.25, 0.3) is 5.91 Å². The Hall–Kier alpha value is -2.63. The second-order valence-corrected chi connectivity index (χ2v) is 6.38. The van der Waals surface area contributed by atoms with Gasteiger partial charge in [-0.2, -0.15) is 0 Å². The van der Waals surface area contributed by atoms with Crippen molar-refractivity contribution < 1.29 is 4.79 Å². The second-order valence-electron chi connectivity index (χ2n) is 5.54. The van der Waals surface area contributed by atoms with Gasteiger partial charge in [-0.15, -0.1) is 0 Å². The van der Waals surface area contributed by atoms with Crippen molar-refractivity contribution in [3.8, 4) is 0 Å². The van der Waals surface area contributed by atoms with Crippen LogP contribution < -0.4 is 10.6 Å². The van der Waals surface area contributed by atoms with E-state index < -0.39 is 0 Å². The summed E-state index contributed by atoms with van der Waals surface area (Å²) in [4.78, 5) is 20.5. The summed E-state index contributed by atoms with van der Waals surface area (Å²) in [6, 6.07) is 14.8. The molecule has 0 aliphatic carbocycles. The number of hydrogen-bond donors (Lipinski definition) is 2. The largest absolute Gasteiger partial charge is 0.365 e. The van der Waals surface area contributed by atoms with Gasteiger partial charge >= 0.3 is 0 Å². The third-order valence-electron chi connectivity index (χ3n) is 3.67. The third-order valence-corrected chi connectivity index (χ3v) is 4.29. The molecule has 0 atom stereocenters. The van der Waals surface area contributed by atoms with Crippen LogP contribution in [-0.4, -0.2) is 15.9 Å². The molecule has 0 bridgehead atoms. The van der Waals surface area contributed by atoms with Crippen molar-refractivity contribution in [2.75, 3.05) is 5.32 Å². The van der Waals surface area contributed by atoms with E-state index in [1.165, 1.54) is 12.4 Å². The molecular weight excluding hydrogens is 371 g/mol. The van der Waals surface area contributed by atoms with Crippen LogP contribution in [0.3, 0.4) is 0 Å². The number of carbonyl (C=O) groups excluding carboxylic acids is 1. The summed E-state index contributed by atoms with van der Waals surface area (Å²) in [7, 11) is 0. The number of anilines is 1. The molecule has 7 heteroatoms. The lowest BCUT2D eigenvalue weighted by Crippen LogP contribution is -2.24. The van der Waals surface area contributed by atoms with Crippen molar-refractivity contribution in [3.05, 3.63) is 87.8 Å². The number of halogens is 2. The van der Waals surface area contributed by atoms with E-state index in [1.807, 2.05) is 36.4 Å². The van der Waals surface area contributed by atoms with Gasteiger partial charge in [-0.25, -0.2) is 9.97 Å². The summed E-state index contributed by atoms with van der Waals surface area (Å²) in [6.07, 6.45) is 2.96. The molecule has 1 heterocycles. The average molecular weight is 387 g/mol. The zero-order valence-corrected chi connectivity index (χ0v) is 15.3. The summed E-state index contributed by atoms with van der Waals surface area (Å²) in [5, 5.41) is 7.27. The van der Waals surface area contributed by atoms with Crippen molar-refractivity contribution in [3.63, 3.8) is 0 Å². The highest BCUT2D eigenvalue weighted by Crippen LogP contribution is 2.16. The molecule has 3 aromatic rings. The first-order valence-corrected chi connectivity index (χ1v) is 8.69. The predicted molar refractivity (Wildman–Crippen MR) is 103 cm³/mol. The van der Waals surface area contributed by atoms with Crippen molar-refractivity contribution in [2.45, 2.75) is 13.1 Å². The van der Waals surface area contributed by atoms with Crippen LogP contribution in [0.4, 0.5) is 5.82 Å². The van der Waals surface area contributed by atoms with Crippen LogP contribution in [0.2, 0.25) is 10.0 Å². The summed E-state index contributed by atoms with van der Waals surface area (Å²) >= 11 is 12.0. The normalized spacial score (nSPS) is 10.4. The van der Waals surface area contributed by atoms with E-state index in [0.29, 0.717) is 29.0 Å². The quantitative estimate of drug-likeness (QED) is 0.661. The minimum absolute atomic E-state index is 0.252. The molecule has 0 aliphatic rings. The third kappa shape index (κ3) is 4.94. The summed E-state index contributed by atoms with van der Waals surface area (Å²) < 4.78 is 0. The van der Waals surface area contributed by atoms with E-state index in [2.05, 4.69) is 20.6 Å². The number of nitrogens with one attached hydrogen (secondary N) is 2. The minimum atomic E-state index is -0.287. The molecule has 0 saturated carbocycles. The lowest BCUT2D eigenvalue weighted by molar-refractivity contribution is 0.0945. The Labute approximate surface area is 161 Å².